The number of halogens is 1. The number of benzene rings is 1. The van der Waals surface area contributed by atoms with Crippen LogP contribution in [0.3, 0.4) is 0 Å². The molecule has 2 N–H and O–H groups in total. The van der Waals surface area contributed by atoms with E-state index < -0.39 is 5.97 Å². The van der Waals surface area contributed by atoms with E-state index in [0.29, 0.717) is 24.3 Å². The van der Waals surface area contributed by atoms with Crippen LogP contribution in [0.5, 0.6) is 5.75 Å². The minimum Gasteiger partial charge on any atom is -0.482 e. The van der Waals surface area contributed by atoms with Gasteiger partial charge in [0.25, 0.3) is 0 Å². The number of esters is 1. The fraction of sp³-hybridized carbons (Fsp3) is 0.533. The van der Waals surface area contributed by atoms with Crippen molar-refractivity contribution in [1.29, 1.82) is 0 Å². The summed E-state index contributed by atoms with van der Waals surface area (Å²) in [7, 11) is 0. The summed E-state index contributed by atoms with van der Waals surface area (Å²) in [6.45, 7) is 4.06. The third-order valence-corrected chi connectivity index (χ3v) is 2.67. The van der Waals surface area contributed by atoms with Gasteiger partial charge in [0.05, 0.1) is 6.61 Å². The highest BCUT2D eigenvalue weighted by molar-refractivity contribution is 5.71. The van der Waals surface area contributed by atoms with Crippen molar-refractivity contribution < 1.29 is 18.7 Å². The summed E-state index contributed by atoms with van der Waals surface area (Å²) in [5.41, 5.74) is 6.36. The normalized spacial score (nSPS) is 12.0. The van der Waals surface area contributed by atoms with E-state index in [2.05, 4.69) is 0 Å². The molecule has 0 spiro atoms. The molecule has 0 aliphatic carbocycles. The van der Waals surface area contributed by atoms with Crippen molar-refractivity contribution in [2.75, 3.05) is 13.2 Å². The fourth-order valence-corrected chi connectivity index (χ4v) is 1.70. The van der Waals surface area contributed by atoms with Crippen LogP contribution in [0, 0.1) is 5.82 Å². The maximum absolute atomic E-state index is 13.2. The first kappa shape index (κ1) is 16.4. The first-order valence-corrected chi connectivity index (χ1v) is 6.85. The number of hydrogen-bond donors (Lipinski definition) is 1. The molecule has 1 aromatic carbocycles. The van der Waals surface area contributed by atoms with Gasteiger partial charge in [-0.1, -0.05) is 13.3 Å². The predicted molar refractivity (Wildman–Crippen MR) is 75.1 cm³/mol. The Kier molecular flexibility index (Phi) is 7.01. The lowest BCUT2D eigenvalue weighted by Crippen LogP contribution is -2.20. The van der Waals surface area contributed by atoms with E-state index in [9.17, 15) is 9.18 Å². The molecule has 0 heterocycles. The molecule has 0 bridgehead atoms. The molecule has 4 nitrogen and oxygen atoms in total. The molecular weight excluding hydrogens is 261 g/mol. The van der Waals surface area contributed by atoms with Crippen molar-refractivity contribution in [3.05, 3.63) is 29.6 Å². The second-order valence-electron chi connectivity index (χ2n) is 4.80. The van der Waals surface area contributed by atoms with Gasteiger partial charge in [-0.25, -0.2) is 9.18 Å². The van der Waals surface area contributed by atoms with Gasteiger partial charge in [-0.3, -0.25) is 0 Å². The van der Waals surface area contributed by atoms with E-state index in [-0.39, 0.29) is 18.5 Å². The van der Waals surface area contributed by atoms with Crippen molar-refractivity contribution in [3.8, 4) is 5.75 Å². The van der Waals surface area contributed by atoms with Crippen LogP contribution in [0.4, 0.5) is 4.39 Å². The fourth-order valence-electron chi connectivity index (χ4n) is 1.70. The summed E-state index contributed by atoms with van der Waals surface area (Å²) in [4.78, 5) is 11.4. The van der Waals surface area contributed by atoms with Crippen LogP contribution in [0.2, 0.25) is 0 Å². The zero-order chi connectivity index (χ0) is 15.0. The van der Waals surface area contributed by atoms with E-state index in [1.54, 1.807) is 0 Å². The van der Waals surface area contributed by atoms with Gasteiger partial charge in [-0.15, -0.1) is 0 Å². The Balaban J connectivity index is 2.56. The van der Waals surface area contributed by atoms with Crippen LogP contribution in [0.15, 0.2) is 18.2 Å². The zero-order valence-electron chi connectivity index (χ0n) is 12.0. The largest absolute Gasteiger partial charge is 0.482 e. The van der Waals surface area contributed by atoms with Gasteiger partial charge in [0, 0.05) is 6.04 Å². The van der Waals surface area contributed by atoms with Crippen LogP contribution in [0.1, 0.15) is 32.3 Å². The van der Waals surface area contributed by atoms with E-state index in [1.807, 2.05) is 13.8 Å². The Morgan fingerprint density at radius 1 is 1.45 bits per heavy atom. The number of hydrogen-bond acceptors (Lipinski definition) is 4. The molecule has 1 unspecified atom stereocenters. The molecule has 20 heavy (non-hydrogen) atoms. The van der Waals surface area contributed by atoms with Crippen molar-refractivity contribution in [2.24, 2.45) is 5.73 Å². The molecular formula is C15H22FNO3. The zero-order valence-corrected chi connectivity index (χ0v) is 12.0. The molecule has 0 aliphatic rings. The molecule has 1 atom stereocenters. The molecule has 0 aromatic heterocycles. The molecule has 0 fully saturated rings. The third-order valence-electron chi connectivity index (χ3n) is 2.67. The van der Waals surface area contributed by atoms with Crippen LogP contribution in [-0.2, 0) is 16.0 Å². The van der Waals surface area contributed by atoms with E-state index in [4.69, 9.17) is 15.2 Å². The van der Waals surface area contributed by atoms with E-state index in [0.717, 1.165) is 12.8 Å². The quantitative estimate of drug-likeness (QED) is 0.588. The van der Waals surface area contributed by atoms with Gasteiger partial charge in [0.1, 0.15) is 11.6 Å². The standard InChI is InChI=1S/C15H22FNO3/c1-3-4-7-19-15(18)10-20-14-6-5-13(16)9-12(14)8-11(2)17/h5-6,9,11H,3-4,7-8,10,17H2,1-2H3. The number of nitrogens with two attached hydrogens (primary N) is 1. The van der Waals surface area contributed by atoms with E-state index >= 15 is 0 Å². The third kappa shape index (κ3) is 6.02. The van der Waals surface area contributed by atoms with Crippen molar-refractivity contribution in [2.45, 2.75) is 39.2 Å². The summed E-state index contributed by atoms with van der Waals surface area (Å²) >= 11 is 0. The van der Waals surface area contributed by atoms with Gasteiger partial charge in [-0.05, 0) is 43.5 Å². The molecule has 0 aliphatic heterocycles. The summed E-state index contributed by atoms with van der Waals surface area (Å²) in [6.07, 6.45) is 2.28. The van der Waals surface area contributed by atoms with Crippen LogP contribution in [0.25, 0.3) is 0 Å². The van der Waals surface area contributed by atoms with Gasteiger partial charge in [0.15, 0.2) is 6.61 Å². The second-order valence-corrected chi connectivity index (χ2v) is 4.80. The van der Waals surface area contributed by atoms with Gasteiger partial charge in [0.2, 0.25) is 0 Å². The van der Waals surface area contributed by atoms with Crippen molar-refractivity contribution in [1.82, 2.24) is 0 Å². The molecule has 0 amide bonds. The topological polar surface area (TPSA) is 61.5 Å². The molecule has 0 radical (unpaired) electrons. The highest BCUT2D eigenvalue weighted by Crippen LogP contribution is 2.21. The SMILES string of the molecule is CCCCOC(=O)COc1ccc(F)cc1CC(C)N. The number of ether oxygens (including phenoxy) is 2. The summed E-state index contributed by atoms with van der Waals surface area (Å²) in [5.74, 6) is -0.302. The average molecular weight is 283 g/mol. The predicted octanol–water partition coefficient (Wildman–Crippen LogP) is 2.44. The number of rotatable bonds is 8. The first-order valence-electron chi connectivity index (χ1n) is 6.85. The Morgan fingerprint density at radius 3 is 2.85 bits per heavy atom. The minimum absolute atomic E-state index is 0.115. The van der Waals surface area contributed by atoms with Gasteiger partial charge in [-0.2, -0.15) is 0 Å². The Morgan fingerprint density at radius 2 is 2.20 bits per heavy atom. The summed E-state index contributed by atoms with van der Waals surface area (Å²) < 4.78 is 23.6. The monoisotopic (exact) mass is 283 g/mol. The lowest BCUT2D eigenvalue weighted by atomic mass is 10.1. The Labute approximate surface area is 119 Å². The summed E-state index contributed by atoms with van der Waals surface area (Å²) in [6, 6.07) is 4.06. The number of carbonyl (C=O) groups is 1. The maximum atomic E-state index is 13.2. The minimum atomic E-state index is -0.422. The molecule has 1 rings (SSSR count). The number of carbonyl (C=O) groups excluding carboxylic acids is 1. The van der Waals surface area contributed by atoms with Crippen LogP contribution >= 0.6 is 0 Å². The van der Waals surface area contributed by atoms with Gasteiger partial charge < -0.3 is 15.2 Å². The first-order chi connectivity index (χ1) is 9.52. The highest BCUT2D eigenvalue weighted by Gasteiger charge is 2.10. The average Bonchev–Trinajstić information content (AvgIpc) is 2.37. The Bertz CT molecular complexity index is 435. The van der Waals surface area contributed by atoms with Gasteiger partial charge >= 0.3 is 5.97 Å². The molecule has 1 aromatic rings. The molecule has 5 heteroatoms. The maximum Gasteiger partial charge on any atom is 0.344 e. The molecule has 0 saturated heterocycles. The molecule has 0 saturated carbocycles. The lowest BCUT2D eigenvalue weighted by Gasteiger charge is -2.13. The van der Waals surface area contributed by atoms with E-state index in [1.165, 1.54) is 18.2 Å². The summed E-state index contributed by atoms with van der Waals surface area (Å²) in [5, 5.41) is 0. The highest BCUT2D eigenvalue weighted by atomic mass is 19.1. The van der Waals surface area contributed by atoms with Crippen molar-refractivity contribution >= 4 is 5.97 Å². The second kappa shape index (κ2) is 8.53. The van der Waals surface area contributed by atoms with Crippen molar-refractivity contribution in [3.63, 3.8) is 0 Å². The van der Waals surface area contributed by atoms with Crippen LogP contribution < -0.4 is 10.5 Å². The van der Waals surface area contributed by atoms with Crippen LogP contribution in [-0.4, -0.2) is 25.2 Å². The molecule has 112 valence electrons. The lowest BCUT2D eigenvalue weighted by molar-refractivity contribution is -0.146. The smallest absolute Gasteiger partial charge is 0.344 e. The Hall–Kier alpha value is -1.62. The number of unbranched alkanes of at least 4 members (excludes halogenated alkanes) is 1.